The summed E-state index contributed by atoms with van der Waals surface area (Å²) in [6, 6.07) is 8.30. The summed E-state index contributed by atoms with van der Waals surface area (Å²) in [5.41, 5.74) is 1.20. The minimum Gasteiger partial charge on any atom is -0.497 e. The maximum absolute atomic E-state index is 11.9. The number of ether oxygens (including phenoxy) is 2. The number of likely N-dealkylation sites (tertiary alicyclic amines) is 1. The fourth-order valence-electron chi connectivity index (χ4n) is 3.54. The molecule has 3 unspecified atom stereocenters. The summed E-state index contributed by atoms with van der Waals surface area (Å²) in [6.45, 7) is 4.20. The number of carbonyl (C=O) groups is 1. The number of carbonyl (C=O) groups excluding carboxylic acids is 1. The fraction of sp³-hybridized carbons (Fsp3) is 0.600. The number of nitrogens with one attached hydrogen (secondary N) is 1. The lowest BCUT2D eigenvalue weighted by Crippen LogP contribution is -2.43. The predicted octanol–water partition coefficient (Wildman–Crippen LogP) is 1.61. The maximum atomic E-state index is 11.9. The first-order chi connectivity index (χ1) is 12.9. The van der Waals surface area contributed by atoms with Gasteiger partial charge in [0, 0.05) is 26.7 Å². The van der Waals surface area contributed by atoms with Crippen molar-refractivity contribution in [2.45, 2.75) is 13.0 Å². The molecule has 7 nitrogen and oxygen atoms in total. The van der Waals surface area contributed by atoms with E-state index >= 15 is 0 Å². The Kier molecular flexibility index (Phi) is 7.47. The van der Waals surface area contributed by atoms with Crippen molar-refractivity contribution in [3.63, 3.8) is 0 Å². The zero-order valence-corrected chi connectivity index (χ0v) is 17.2. The highest BCUT2D eigenvalue weighted by Crippen LogP contribution is 2.25. The number of esters is 1. The topological polar surface area (TPSA) is 66.4 Å². The third-order valence-corrected chi connectivity index (χ3v) is 5.21. The predicted molar refractivity (Wildman–Crippen MR) is 107 cm³/mol. The van der Waals surface area contributed by atoms with E-state index in [4.69, 9.17) is 9.47 Å². The number of rotatable bonds is 6. The fourth-order valence-corrected chi connectivity index (χ4v) is 3.54. The van der Waals surface area contributed by atoms with Gasteiger partial charge >= 0.3 is 5.97 Å². The molecule has 1 aliphatic rings. The van der Waals surface area contributed by atoms with Crippen LogP contribution in [-0.4, -0.2) is 76.7 Å². The Bertz CT molecular complexity index is 645. The van der Waals surface area contributed by atoms with Gasteiger partial charge in [-0.2, -0.15) is 0 Å². The molecule has 1 saturated heterocycles. The molecule has 1 fully saturated rings. The average molecular weight is 377 g/mol. The van der Waals surface area contributed by atoms with E-state index in [0.29, 0.717) is 13.1 Å². The van der Waals surface area contributed by atoms with Gasteiger partial charge in [-0.1, -0.05) is 19.1 Å². The Labute approximate surface area is 162 Å². The Morgan fingerprint density at radius 3 is 2.48 bits per heavy atom. The van der Waals surface area contributed by atoms with Crippen molar-refractivity contribution >= 4 is 11.9 Å². The van der Waals surface area contributed by atoms with E-state index in [1.807, 2.05) is 12.1 Å². The monoisotopic (exact) mass is 376 g/mol. The van der Waals surface area contributed by atoms with Gasteiger partial charge in [0.2, 0.25) is 0 Å². The second kappa shape index (κ2) is 9.60. The van der Waals surface area contributed by atoms with Gasteiger partial charge in [-0.15, -0.1) is 0 Å². The number of nitrogens with zero attached hydrogens (tertiary/aromatic N) is 3. The standard InChI is InChI=1S/C20H32N4O3/c1-14-12-24(13-17(14)19(25)27-6)20(21-2)22-11-18(23(3)4)15-7-9-16(26-5)10-8-15/h7-10,14,17-18H,11-13H2,1-6H3,(H,21,22). The quantitative estimate of drug-likeness (QED) is 0.462. The number of aliphatic imine (C=N–C) groups is 1. The summed E-state index contributed by atoms with van der Waals surface area (Å²) in [6.07, 6.45) is 0. The Balaban J connectivity index is 2.03. The highest BCUT2D eigenvalue weighted by molar-refractivity contribution is 5.82. The van der Waals surface area contributed by atoms with Crippen molar-refractivity contribution in [2.75, 3.05) is 55.0 Å². The van der Waals surface area contributed by atoms with E-state index < -0.39 is 0 Å². The molecule has 0 radical (unpaired) electrons. The van der Waals surface area contributed by atoms with Crippen molar-refractivity contribution in [3.05, 3.63) is 29.8 Å². The van der Waals surface area contributed by atoms with Crippen molar-refractivity contribution in [3.8, 4) is 5.75 Å². The van der Waals surface area contributed by atoms with Gasteiger partial charge in [-0.3, -0.25) is 9.79 Å². The first-order valence-corrected chi connectivity index (χ1v) is 9.25. The van der Waals surface area contributed by atoms with Crippen LogP contribution in [-0.2, 0) is 9.53 Å². The molecule has 27 heavy (non-hydrogen) atoms. The van der Waals surface area contributed by atoms with Crippen molar-refractivity contribution < 1.29 is 14.3 Å². The third-order valence-electron chi connectivity index (χ3n) is 5.21. The molecule has 2 rings (SSSR count). The van der Waals surface area contributed by atoms with Gasteiger partial charge in [0.1, 0.15) is 5.75 Å². The van der Waals surface area contributed by atoms with E-state index in [9.17, 15) is 4.79 Å². The van der Waals surface area contributed by atoms with Crippen LogP contribution in [0.25, 0.3) is 0 Å². The van der Waals surface area contributed by atoms with Crippen molar-refractivity contribution in [1.29, 1.82) is 0 Å². The largest absolute Gasteiger partial charge is 0.497 e. The minimum absolute atomic E-state index is 0.111. The molecule has 1 aromatic carbocycles. The summed E-state index contributed by atoms with van der Waals surface area (Å²) in [7, 11) is 9.01. The van der Waals surface area contributed by atoms with Crippen LogP contribution in [0.4, 0.5) is 0 Å². The molecule has 1 aromatic rings. The van der Waals surface area contributed by atoms with Crippen LogP contribution in [0.5, 0.6) is 5.75 Å². The van der Waals surface area contributed by atoms with Crippen LogP contribution < -0.4 is 10.1 Å². The van der Waals surface area contributed by atoms with E-state index in [0.717, 1.165) is 18.3 Å². The summed E-state index contributed by atoms with van der Waals surface area (Å²) in [5.74, 6) is 1.64. The molecule has 150 valence electrons. The van der Waals surface area contributed by atoms with Crippen LogP contribution in [0, 0.1) is 11.8 Å². The lowest BCUT2D eigenvalue weighted by molar-refractivity contribution is -0.145. The van der Waals surface area contributed by atoms with Crippen molar-refractivity contribution in [1.82, 2.24) is 15.1 Å². The number of hydrogen-bond acceptors (Lipinski definition) is 5. The third kappa shape index (κ3) is 5.13. The first-order valence-electron chi connectivity index (χ1n) is 9.25. The lowest BCUT2D eigenvalue weighted by Gasteiger charge is -2.28. The number of hydrogen-bond donors (Lipinski definition) is 1. The molecule has 0 spiro atoms. The molecule has 3 atom stereocenters. The van der Waals surface area contributed by atoms with Gasteiger partial charge in [0.15, 0.2) is 5.96 Å². The summed E-state index contributed by atoms with van der Waals surface area (Å²) < 4.78 is 10.2. The minimum atomic E-state index is -0.148. The number of likely N-dealkylation sites (N-methyl/N-ethyl adjacent to an activating group) is 1. The van der Waals surface area contributed by atoms with Gasteiger partial charge in [-0.05, 0) is 37.7 Å². The number of benzene rings is 1. The maximum Gasteiger partial charge on any atom is 0.310 e. The van der Waals surface area contributed by atoms with E-state index in [1.54, 1.807) is 14.2 Å². The normalized spacial score (nSPS) is 21.3. The zero-order chi connectivity index (χ0) is 20.0. The lowest BCUT2D eigenvalue weighted by atomic mass is 9.99. The van der Waals surface area contributed by atoms with Gasteiger partial charge in [0.05, 0.1) is 26.2 Å². The van der Waals surface area contributed by atoms with Gasteiger partial charge < -0.3 is 24.6 Å². The molecule has 0 bridgehead atoms. The van der Waals surface area contributed by atoms with E-state index in [1.165, 1.54) is 12.7 Å². The smallest absolute Gasteiger partial charge is 0.310 e. The second-order valence-corrected chi connectivity index (χ2v) is 7.19. The first kappa shape index (κ1) is 21.0. The van der Waals surface area contributed by atoms with E-state index in [-0.39, 0.29) is 23.8 Å². The Hall–Kier alpha value is -2.28. The average Bonchev–Trinajstić information content (AvgIpc) is 3.06. The van der Waals surface area contributed by atoms with Crippen LogP contribution in [0.2, 0.25) is 0 Å². The second-order valence-electron chi connectivity index (χ2n) is 7.19. The molecule has 1 aliphatic heterocycles. The number of guanidine groups is 1. The van der Waals surface area contributed by atoms with Crippen LogP contribution in [0.1, 0.15) is 18.5 Å². The molecular formula is C20H32N4O3. The Morgan fingerprint density at radius 1 is 1.30 bits per heavy atom. The molecular weight excluding hydrogens is 344 g/mol. The highest BCUT2D eigenvalue weighted by Gasteiger charge is 2.37. The molecule has 1 heterocycles. The van der Waals surface area contributed by atoms with Crippen LogP contribution in [0.3, 0.4) is 0 Å². The van der Waals surface area contributed by atoms with Gasteiger partial charge in [-0.25, -0.2) is 0 Å². The molecule has 0 saturated carbocycles. The summed E-state index contributed by atoms with van der Waals surface area (Å²) >= 11 is 0. The SMILES string of the molecule is CN=C(NCC(c1ccc(OC)cc1)N(C)C)N1CC(C)C(C(=O)OC)C1. The van der Waals surface area contributed by atoms with Crippen LogP contribution >= 0.6 is 0 Å². The summed E-state index contributed by atoms with van der Waals surface area (Å²) in [4.78, 5) is 20.7. The molecule has 0 aliphatic carbocycles. The summed E-state index contributed by atoms with van der Waals surface area (Å²) in [5, 5.41) is 3.47. The highest BCUT2D eigenvalue weighted by atomic mass is 16.5. The molecule has 0 aromatic heterocycles. The molecule has 7 heteroatoms. The van der Waals surface area contributed by atoms with Gasteiger partial charge in [0.25, 0.3) is 0 Å². The van der Waals surface area contributed by atoms with Crippen LogP contribution in [0.15, 0.2) is 29.3 Å². The van der Waals surface area contributed by atoms with E-state index in [2.05, 4.69) is 53.3 Å². The Morgan fingerprint density at radius 2 is 1.96 bits per heavy atom. The number of methoxy groups -OCH3 is 2. The molecule has 1 N–H and O–H groups in total. The molecule has 0 amide bonds. The van der Waals surface area contributed by atoms with Crippen molar-refractivity contribution in [2.24, 2.45) is 16.8 Å². The zero-order valence-electron chi connectivity index (χ0n) is 17.2.